The van der Waals surface area contributed by atoms with Crippen LogP contribution in [0.3, 0.4) is 0 Å². The number of fused-ring (bicyclic) bond motifs is 1. The zero-order valence-corrected chi connectivity index (χ0v) is 20.5. The zero-order valence-electron chi connectivity index (χ0n) is 18.8. The molecule has 5 heterocycles. The van der Waals surface area contributed by atoms with Crippen LogP contribution in [0.5, 0.6) is 0 Å². The molecule has 2 saturated heterocycles. The summed E-state index contributed by atoms with van der Waals surface area (Å²) in [7, 11) is -1.09. The van der Waals surface area contributed by atoms with E-state index in [1.165, 1.54) is 57.6 Å². The molecular formula is C22H28N6O3S2. The minimum atomic E-state index is -3.92. The average Bonchev–Trinajstić information content (AvgIpc) is 3.54. The molecule has 0 radical (unpaired) electrons. The molecule has 0 amide bonds. The highest BCUT2D eigenvalue weighted by Crippen LogP contribution is 2.27. The summed E-state index contributed by atoms with van der Waals surface area (Å²) in [6.07, 6.45) is 7.79. The Morgan fingerprint density at radius 2 is 1.82 bits per heavy atom. The summed E-state index contributed by atoms with van der Waals surface area (Å²) < 4.78 is 28.3. The van der Waals surface area contributed by atoms with Crippen molar-refractivity contribution < 1.29 is 8.42 Å². The molecule has 5 rings (SSSR count). The summed E-state index contributed by atoms with van der Waals surface area (Å²) in [5.41, 5.74) is -0.120. The lowest BCUT2D eigenvalue weighted by Crippen LogP contribution is -2.44. The van der Waals surface area contributed by atoms with E-state index in [2.05, 4.69) is 14.8 Å². The number of aromatic nitrogens is 3. The fourth-order valence-electron chi connectivity index (χ4n) is 4.77. The van der Waals surface area contributed by atoms with E-state index in [9.17, 15) is 13.2 Å². The third-order valence-electron chi connectivity index (χ3n) is 6.63. The predicted octanol–water partition coefficient (Wildman–Crippen LogP) is 2.16. The second-order valence-electron chi connectivity index (χ2n) is 8.80. The molecule has 176 valence electrons. The van der Waals surface area contributed by atoms with Crippen molar-refractivity contribution in [2.24, 2.45) is 0 Å². The molecule has 0 N–H and O–H groups in total. The molecule has 33 heavy (non-hydrogen) atoms. The Morgan fingerprint density at radius 3 is 2.45 bits per heavy atom. The first-order valence-electron chi connectivity index (χ1n) is 11.2. The van der Waals surface area contributed by atoms with Crippen LogP contribution in [0.15, 0.2) is 39.6 Å². The maximum absolute atomic E-state index is 13.2. The summed E-state index contributed by atoms with van der Waals surface area (Å²) in [5, 5.41) is 2.64. The first-order chi connectivity index (χ1) is 15.9. The van der Waals surface area contributed by atoms with Gasteiger partial charge in [0.2, 0.25) is 15.5 Å². The molecule has 2 fully saturated rings. The molecule has 0 spiro atoms. The van der Waals surface area contributed by atoms with Crippen LogP contribution in [-0.4, -0.2) is 78.5 Å². The smallest absolute Gasteiger partial charge is 0.247 e. The highest BCUT2D eigenvalue weighted by Gasteiger charge is 2.28. The summed E-state index contributed by atoms with van der Waals surface area (Å²) in [5.74, 6) is 0.801. The van der Waals surface area contributed by atoms with E-state index in [1.54, 1.807) is 16.8 Å². The molecule has 0 atom stereocenters. The SMILES string of the molecule is CN(C)S(=O)(=O)c1cn(-c2nccs2)c2nc(N3CCC(N4CCCC4)CC3)ccc2c1=O. The van der Waals surface area contributed by atoms with Crippen molar-refractivity contribution in [3.8, 4) is 5.13 Å². The minimum Gasteiger partial charge on any atom is -0.356 e. The van der Waals surface area contributed by atoms with Crippen molar-refractivity contribution in [3.63, 3.8) is 0 Å². The summed E-state index contributed by atoms with van der Waals surface area (Å²) >= 11 is 1.36. The van der Waals surface area contributed by atoms with Crippen molar-refractivity contribution in [3.05, 3.63) is 40.1 Å². The van der Waals surface area contributed by atoms with E-state index < -0.39 is 15.5 Å². The number of sulfonamides is 1. The number of piperidine rings is 1. The number of anilines is 1. The van der Waals surface area contributed by atoms with Gasteiger partial charge >= 0.3 is 0 Å². The molecule has 2 aliphatic heterocycles. The van der Waals surface area contributed by atoms with E-state index in [-0.39, 0.29) is 10.3 Å². The number of rotatable bonds is 5. The predicted molar refractivity (Wildman–Crippen MR) is 130 cm³/mol. The van der Waals surface area contributed by atoms with Gasteiger partial charge in [0.25, 0.3) is 0 Å². The van der Waals surface area contributed by atoms with Crippen molar-refractivity contribution in [2.75, 3.05) is 45.2 Å². The molecule has 3 aromatic heterocycles. The number of nitrogens with zero attached hydrogens (tertiary/aromatic N) is 6. The normalized spacial score (nSPS) is 18.6. The third-order valence-corrected chi connectivity index (χ3v) is 9.21. The first kappa shape index (κ1) is 22.5. The van der Waals surface area contributed by atoms with Gasteiger partial charge in [0.1, 0.15) is 10.7 Å². The Labute approximate surface area is 197 Å². The van der Waals surface area contributed by atoms with E-state index in [4.69, 9.17) is 4.98 Å². The van der Waals surface area contributed by atoms with Gasteiger partial charge < -0.3 is 9.80 Å². The van der Waals surface area contributed by atoms with Gasteiger partial charge in [-0.1, -0.05) is 0 Å². The second-order valence-corrected chi connectivity index (χ2v) is 11.8. The monoisotopic (exact) mass is 488 g/mol. The first-order valence-corrected chi connectivity index (χ1v) is 13.6. The number of pyridine rings is 2. The van der Waals surface area contributed by atoms with Crippen molar-refractivity contribution in [1.29, 1.82) is 0 Å². The molecule has 0 aromatic carbocycles. The lowest BCUT2D eigenvalue weighted by molar-refractivity contribution is 0.207. The van der Waals surface area contributed by atoms with Crippen LogP contribution in [0, 0.1) is 0 Å². The van der Waals surface area contributed by atoms with Gasteiger partial charge in [-0.15, -0.1) is 11.3 Å². The molecule has 0 saturated carbocycles. The number of hydrogen-bond donors (Lipinski definition) is 0. The van der Waals surface area contributed by atoms with Crippen LogP contribution in [0.1, 0.15) is 25.7 Å². The van der Waals surface area contributed by atoms with Gasteiger partial charge in [0.15, 0.2) is 10.8 Å². The van der Waals surface area contributed by atoms with Gasteiger partial charge in [0, 0.05) is 51.0 Å². The Balaban J connectivity index is 1.55. The fourth-order valence-corrected chi connectivity index (χ4v) is 6.37. The molecule has 0 bridgehead atoms. The van der Waals surface area contributed by atoms with Crippen molar-refractivity contribution in [2.45, 2.75) is 36.6 Å². The Bertz CT molecular complexity index is 1310. The van der Waals surface area contributed by atoms with Gasteiger partial charge in [-0.05, 0) is 50.9 Å². The van der Waals surface area contributed by atoms with Crippen LogP contribution in [0.2, 0.25) is 0 Å². The summed E-state index contributed by atoms with van der Waals surface area (Å²) in [6.45, 7) is 4.23. The maximum Gasteiger partial charge on any atom is 0.247 e. The van der Waals surface area contributed by atoms with Gasteiger partial charge in [-0.3, -0.25) is 9.36 Å². The van der Waals surface area contributed by atoms with Crippen LogP contribution in [-0.2, 0) is 10.0 Å². The molecule has 2 aliphatic rings. The Kier molecular flexibility index (Phi) is 5.98. The fraction of sp³-hybridized carbons (Fsp3) is 0.500. The van der Waals surface area contributed by atoms with Crippen LogP contribution < -0.4 is 10.3 Å². The minimum absolute atomic E-state index is 0.267. The number of hydrogen-bond acceptors (Lipinski definition) is 8. The van der Waals surface area contributed by atoms with Crippen LogP contribution in [0.25, 0.3) is 16.2 Å². The summed E-state index contributed by atoms with van der Waals surface area (Å²) in [4.78, 5) is 27.0. The maximum atomic E-state index is 13.2. The van der Waals surface area contributed by atoms with E-state index in [0.717, 1.165) is 36.1 Å². The van der Waals surface area contributed by atoms with Crippen molar-refractivity contribution in [1.82, 2.24) is 23.7 Å². The Hall–Kier alpha value is -2.34. The largest absolute Gasteiger partial charge is 0.356 e. The third kappa shape index (κ3) is 4.07. The molecule has 0 unspecified atom stereocenters. The topological polar surface area (TPSA) is 91.6 Å². The standard InChI is InChI=1S/C22H28N6O3S2/c1-25(2)33(30,31)18-15-28(22-23-9-14-32-22)21-17(20(18)29)5-6-19(24-21)27-12-7-16(8-13-27)26-10-3-4-11-26/h5-6,9,14-16H,3-4,7-8,10-13H2,1-2H3. The highest BCUT2D eigenvalue weighted by molar-refractivity contribution is 7.89. The van der Waals surface area contributed by atoms with Gasteiger partial charge in [-0.25, -0.2) is 22.7 Å². The molecule has 11 heteroatoms. The Morgan fingerprint density at radius 1 is 1.09 bits per heavy atom. The van der Waals surface area contributed by atoms with E-state index >= 15 is 0 Å². The van der Waals surface area contributed by atoms with Gasteiger partial charge in [0.05, 0.1) is 5.39 Å². The average molecular weight is 489 g/mol. The highest BCUT2D eigenvalue weighted by atomic mass is 32.2. The summed E-state index contributed by atoms with van der Waals surface area (Å²) in [6, 6.07) is 4.17. The van der Waals surface area contributed by atoms with E-state index in [1.807, 2.05) is 11.4 Å². The lowest BCUT2D eigenvalue weighted by atomic mass is 10.0. The van der Waals surface area contributed by atoms with E-state index in [0.29, 0.717) is 16.8 Å². The number of likely N-dealkylation sites (tertiary alicyclic amines) is 1. The molecule has 9 nitrogen and oxygen atoms in total. The van der Waals surface area contributed by atoms with Crippen LogP contribution in [0.4, 0.5) is 5.82 Å². The van der Waals surface area contributed by atoms with Crippen molar-refractivity contribution >= 4 is 38.2 Å². The number of thiazole rings is 1. The zero-order chi connectivity index (χ0) is 23.2. The molecular weight excluding hydrogens is 460 g/mol. The molecule has 3 aromatic rings. The lowest BCUT2D eigenvalue weighted by Gasteiger charge is -2.37. The van der Waals surface area contributed by atoms with Gasteiger partial charge in [-0.2, -0.15) is 0 Å². The quantitative estimate of drug-likeness (QED) is 0.543. The molecule has 0 aliphatic carbocycles. The van der Waals surface area contributed by atoms with Crippen LogP contribution >= 0.6 is 11.3 Å². The second kappa shape index (κ2) is 8.79.